The number of ether oxygens (including phenoxy) is 2. The first kappa shape index (κ1) is 14.8. The van der Waals surface area contributed by atoms with E-state index in [0.717, 1.165) is 5.56 Å². The third-order valence-corrected chi connectivity index (χ3v) is 3.37. The van der Waals surface area contributed by atoms with Crippen LogP contribution in [0.3, 0.4) is 0 Å². The summed E-state index contributed by atoms with van der Waals surface area (Å²) in [5.74, 6) is 1.23. The number of carbonyl (C=O) groups excluding carboxylic acids is 1. The minimum Gasteiger partial charge on any atom is -0.497 e. The Kier molecular flexibility index (Phi) is 4.10. The Morgan fingerprint density at radius 3 is 2.26 bits per heavy atom. The van der Waals surface area contributed by atoms with E-state index in [1.807, 2.05) is 30.3 Å². The van der Waals surface area contributed by atoms with E-state index in [2.05, 4.69) is 4.98 Å². The number of oxazole rings is 1. The van der Waals surface area contributed by atoms with Gasteiger partial charge in [0, 0.05) is 17.2 Å². The first-order chi connectivity index (χ1) is 11.2. The first-order valence-electron chi connectivity index (χ1n) is 7.00. The topological polar surface area (TPSA) is 61.6 Å². The molecule has 116 valence electrons. The maximum absolute atomic E-state index is 12.6. The summed E-state index contributed by atoms with van der Waals surface area (Å²) in [6.45, 7) is 0. The average molecular weight is 309 g/mol. The Morgan fingerprint density at radius 2 is 1.65 bits per heavy atom. The van der Waals surface area contributed by atoms with E-state index in [0.29, 0.717) is 23.0 Å². The molecule has 0 unspecified atom stereocenters. The van der Waals surface area contributed by atoms with Gasteiger partial charge in [-0.3, -0.25) is 4.79 Å². The molecular formula is C18H15NO4. The highest BCUT2D eigenvalue weighted by molar-refractivity contribution is 6.08. The van der Waals surface area contributed by atoms with Gasteiger partial charge in [0.05, 0.1) is 14.2 Å². The van der Waals surface area contributed by atoms with Gasteiger partial charge in [-0.25, -0.2) is 4.98 Å². The van der Waals surface area contributed by atoms with E-state index in [1.165, 1.54) is 20.5 Å². The molecule has 0 fully saturated rings. The number of methoxy groups -OCH3 is 2. The van der Waals surface area contributed by atoms with E-state index < -0.39 is 0 Å². The van der Waals surface area contributed by atoms with Gasteiger partial charge in [-0.05, 0) is 24.3 Å². The van der Waals surface area contributed by atoms with Gasteiger partial charge in [-0.15, -0.1) is 0 Å². The van der Waals surface area contributed by atoms with Crippen molar-refractivity contribution >= 4 is 5.78 Å². The van der Waals surface area contributed by atoms with Crippen molar-refractivity contribution in [1.82, 2.24) is 4.98 Å². The van der Waals surface area contributed by atoms with Crippen LogP contribution in [-0.4, -0.2) is 25.0 Å². The third-order valence-electron chi connectivity index (χ3n) is 3.37. The molecule has 0 saturated heterocycles. The van der Waals surface area contributed by atoms with Crippen LogP contribution in [0.2, 0.25) is 0 Å². The fourth-order valence-electron chi connectivity index (χ4n) is 2.18. The van der Waals surface area contributed by atoms with Crippen LogP contribution < -0.4 is 9.47 Å². The smallest absolute Gasteiger partial charge is 0.226 e. The molecule has 0 aliphatic carbocycles. The first-order valence-corrected chi connectivity index (χ1v) is 7.00. The van der Waals surface area contributed by atoms with Gasteiger partial charge in [0.2, 0.25) is 11.7 Å². The Bertz CT molecular complexity index is 802. The van der Waals surface area contributed by atoms with Crippen molar-refractivity contribution in [3.8, 4) is 23.0 Å². The van der Waals surface area contributed by atoms with E-state index >= 15 is 0 Å². The molecular weight excluding hydrogens is 294 g/mol. The number of rotatable bonds is 5. The molecule has 1 aromatic heterocycles. The molecule has 0 N–H and O–H groups in total. The maximum Gasteiger partial charge on any atom is 0.226 e. The van der Waals surface area contributed by atoms with Gasteiger partial charge in [-0.1, -0.05) is 18.2 Å². The standard InChI is InChI=1S/C18H15NO4/c1-21-14-8-13(9-15(10-14)22-2)17(20)16-11-23-18(19-16)12-6-4-3-5-7-12/h3-11H,1-2H3. The summed E-state index contributed by atoms with van der Waals surface area (Å²) in [7, 11) is 3.07. The summed E-state index contributed by atoms with van der Waals surface area (Å²) in [5.41, 5.74) is 1.48. The van der Waals surface area contributed by atoms with Crippen LogP contribution in [0.5, 0.6) is 11.5 Å². The highest BCUT2D eigenvalue weighted by Gasteiger charge is 2.17. The fraction of sp³-hybridized carbons (Fsp3) is 0.111. The SMILES string of the molecule is COc1cc(OC)cc(C(=O)c2coc(-c3ccccc3)n2)c1. The molecule has 0 spiro atoms. The van der Waals surface area contributed by atoms with Crippen LogP contribution in [0.4, 0.5) is 0 Å². The van der Waals surface area contributed by atoms with E-state index in [-0.39, 0.29) is 11.5 Å². The zero-order valence-electron chi connectivity index (χ0n) is 12.8. The van der Waals surface area contributed by atoms with Crippen LogP contribution >= 0.6 is 0 Å². The van der Waals surface area contributed by atoms with Crippen LogP contribution in [0.15, 0.2) is 59.2 Å². The van der Waals surface area contributed by atoms with Gasteiger partial charge < -0.3 is 13.9 Å². The summed E-state index contributed by atoms with van der Waals surface area (Å²) in [4.78, 5) is 16.9. The Hall–Kier alpha value is -3.08. The molecule has 0 saturated carbocycles. The monoisotopic (exact) mass is 309 g/mol. The second-order valence-corrected chi connectivity index (χ2v) is 4.83. The lowest BCUT2D eigenvalue weighted by Crippen LogP contribution is -2.03. The lowest BCUT2D eigenvalue weighted by atomic mass is 10.1. The lowest BCUT2D eigenvalue weighted by Gasteiger charge is -2.06. The van der Waals surface area contributed by atoms with Gasteiger partial charge in [-0.2, -0.15) is 0 Å². The Labute approximate surface area is 133 Å². The molecule has 2 aromatic carbocycles. The molecule has 3 aromatic rings. The summed E-state index contributed by atoms with van der Waals surface area (Å²) in [6, 6.07) is 14.4. The molecule has 5 nitrogen and oxygen atoms in total. The van der Waals surface area contributed by atoms with Gasteiger partial charge >= 0.3 is 0 Å². The number of hydrogen-bond donors (Lipinski definition) is 0. The number of hydrogen-bond acceptors (Lipinski definition) is 5. The molecule has 0 amide bonds. The number of nitrogens with zero attached hydrogens (tertiary/aromatic N) is 1. The fourth-order valence-corrected chi connectivity index (χ4v) is 2.18. The van der Waals surface area contributed by atoms with Crippen molar-refractivity contribution in [3.05, 3.63) is 66.1 Å². The van der Waals surface area contributed by atoms with Crippen LogP contribution in [0.25, 0.3) is 11.5 Å². The summed E-state index contributed by atoms with van der Waals surface area (Å²) >= 11 is 0. The van der Waals surface area contributed by atoms with Crippen molar-refractivity contribution in [2.24, 2.45) is 0 Å². The number of aromatic nitrogens is 1. The normalized spacial score (nSPS) is 10.3. The van der Waals surface area contributed by atoms with Crippen molar-refractivity contribution < 1.29 is 18.7 Å². The third kappa shape index (κ3) is 3.08. The molecule has 0 aliphatic rings. The van der Waals surface area contributed by atoms with E-state index in [4.69, 9.17) is 13.9 Å². The summed E-state index contributed by atoms with van der Waals surface area (Å²) in [6.07, 6.45) is 1.36. The number of benzene rings is 2. The molecule has 1 heterocycles. The van der Waals surface area contributed by atoms with Crippen molar-refractivity contribution in [2.45, 2.75) is 0 Å². The Balaban J connectivity index is 1.94. The molecule has 5 heteroatoms. The van der Waals surface area contributed by atoms with Crippen LogP contribution in [0, 0.1) is 0 Å². The molecule has 0 atom stereocenters. The molecule has 0 aliphatic heterocycles. The average Bonchev–Trinajstić information content (AvgIpc) is 3.11. The molecule has 0 bridgehead atoms. The van der Waals surface area contributed by atoms with Gasteiger partial charge in [0.1, 0.15) is 17.8 Å². The maximum atomic E-state index is 12.6. The van der Waals surface area contributed by atoms with Crippen molar-refractivity contribution in [3.63, 3.8) is 0 Å². The van der Waals surface area contributed by atoms with E-state index in [9.17, 15) is 4.79 Å². The quantitative estimate of drug-likeness (QED) is 0.674. The second kappa shape index (κ2) is 6.36. The Morgan fingerprint density at radius 1 is 1.00 bits per heavy atom. The highest BCUT2D eigenvalue weighted by atomic mass is 16.5. The largest absolute Gasteiger partial charge is 0.497 e. The minimum atomic E-state index is -0.256. The van der Waals surface area contributed by atoms with Crippen molar-refractivity contribution in [2.75, 3.05) is 14.2 Å². The molecule has 3 rings (SSSR count). The molecule has 23 heavy (non-hydrogen) atoms. The van der Waals surface area contributed by atoms with Crippen molar-refractivity contribution in [1.29, 1.82) is 0 Å². The summed E-state index contributed by atoms with van der Waals surface area (Å²) < 4.78 is 15.8. The lowest BCUT2D eigenvalue weighted by molar-refractivity contribution is 0.103. The number of ketones is 1. The van der Waals surface area contributed by atoms with Gasteiger partial charge in [0.15, 0.2) is 5.69 Å². The van der Waals surface area contributed by atoms with Crippen LogP contribution in [0.1, 0.15) is 16.1 Å². The van der Waals surface area contributed by atoms with Gasteiger partial charge in [0.25, 0.3) is 0 Å². The second-order valence-electron chi connectivity index (χ2n) is 4.83. The zero-order valence-corrected chi connectivity index (χ0v) is 12.8. The highest BCUT2D eigenvalue weighted by Crippen LogP contribution is 2.25. The minimum absolute atomic E-state index is 0.235. The number of carbonyl (C=O) groups is 1. The summed E-state index contributed by atoms with van der Waals surface area (Å²) in [5, 5.41) is 0. The van der Waals surface area contributed by atoms with E-state index in [1.54, 1.807) is 18.2 Å². The zero-order chi connectivity index (χ0) is 16.2. The predicted octanol–water partition coefficient (Wildman–Crippen LogP) is 3.59. The molecule has 0 radical (unpaired) electrons. The predicted molar refractivity (Wildman–Crippen MR) is 84.9 cm³/mol. The van der Waals surface area contributed by atoms with Crippen LogP contribution in [-0.2, 0) is 0 Å².